The number of ether oxygens (including phenoxy) is 8. The lowest BCUT2D eigenvalue weighted by Gasteiger charge is -2.30. The van der Waals surface area contributed by atoms with Crippen LogP contribution in [-0.4, -0.2) is 79.7 Å². The fraction of sp³-hybridized carbons (Fsp3) is 0.444. The third-order valence-electron chi connectivity index (χ3n) is 28.2. The maximum atomic E-state index is 7.78. The SMILES string of the molecule is CCCCCCCCCCCC1c2cc3c4cc2Oc2nc5cc6nc[nH]c6cc5nc2Oc2cc5c(cc21)C(CCCCCCCCCCC)c1cc2c(cc1Oc1nc6cc7[nH]cnc7cc6nc1O5)Oc1nc5cc6nc[nH]c6cc5nc1Oc1cc(c(cc1C2CCCCCCCCCCC)C3CCCCCCCCCCC)Oc1nc2cc3nc[nH]c3cc2nc1O4. The van der Waals surface area contributed by atoms with Crippen LogP contribution in [0.5, 0.6) is 93.0 Å². The van der Waals surface area contributed by atoms with Crippen molar-refractivity contribution in [3.8, 4) is 93.0 Å². The molecular formula is C108H120N16O8. The molecule has 1 aliphatic carbocycles. The Morgan fingerprint density at radius 2 is 0.341 bits per heavy atom. The van der Waals surface area contributed by atoms with Gasteiger partial charge in [0.05, 0.1) is 114 Å². The van der Waals surface area contributed by atoms with E-state index in [9.17, 15) is 0 Å². The van der Waals surface area contributed by atoms with Crippen LogP contribution >= 0.6 is 0 Å². The molecule has 21 rings (SSSR count). The summed E-state index contributed by atoms with van der Waals surface area (Å²) in [4.78, 5) is 76.2. The molecule has 8 aromatic heterocycles. The molecule has 4 unspecified atom stereocenters. The third kappa shape index (κ3) is 18.2. The molecule has 8 bridgehead atoms. The molecule has 24 heteroatoms. The summed E-state index contributed by atoms with van der Waals surface area (Å²) < 4.78 is 62.2. The maximum Gasteiger partial charge on any atom is 0.284 e. The molecule has 0 saturated carbocycles. The van der Waals surface area contributed by atoms with Crippen LogP contribution in [0.1, 0.15) is 353 Å². The summed E-state index contributed by atoms with van der Waals surface area (Å²) in [5, 5.41) is 0. The smallest absolute Gasteiger partial charge is 0.284 e. The van der Waals surface area contributed by atoms with Crippen LogP contribution in [0.4, 0.5) is 0 Å². The Morgan fingerprint density at radius 1 is 0.182 bits per heavy atom. The van der Waals surface area contributed by atoms with Gasteiger partial charge in [0.2, 0.25) is 0 Å². The van der Waals surface area contributed by atoms with Gasteiger partial charge in [0.25, 0.3) is 47.0 Å². The number of aromatic amines is 4. The average molecular weight is 1770 g/mol. The summed E-state index contributed by atoms with van der Waals surface area (Å²) in [6.45, 7) is 9.16. The summed E-state index contributed by atoms with van der Waals surface area (Å²) in [6, 6.07) is 33.8. The van der Waals surface area contributed by atoms with Gasteiger partial charge in [-0.05, 0) is 98.5 Å². The Kier molecular flexibility index (Phi) is 25.7. The molecule has 132 heavy (non-hydrogen) atoms. The zero-order valence-corrected chi connectivity index (χ0v) is 76.8. The van der Waals surface area contributed by atoms with Crippen LogP contribution < -0.4 is 37.9 Å². The summed E-state index contributed by atoms with van der Waals surface area (Å²) in [7, 11) is 0. The lowest BCUT2D eigenvalue weighted by Crippen LogP contribution is -2.13. The van der Waals surface area contributed by atoms with Gasteiger partial charge in [0.15, 0.2) is 0 Å². The number of imidazole rings is 4. The average Bonchev–Trinajstić information content (AvgIpc) is 1.54. The zero-order chi connectivity index (χ0) is 88.8. The summed E-state index contributed by atoms with van der Waals surface area (Å²) in [5.41, 5.74) is 18.2. The first-order chi connectivity index (χ1) is 65.2. The van der Waals surface area contributed by atoms with Gasteiger partial charge in [-0.2, -0.15) is 0 Å². The number of fused-ring (bicyclic) bond motifs is 12. The van der Waals surface area contributed by atoms with E-state index >= 15 is 0 Å². The maximum absolute atomic E-state index is 7.78. The molecule has 4 atom stereocenters. The van der Waals surface area contributed by atoms with E-state index in [-0.39, 0.29) is 47.0 Å². The summed E-state index contributed by atoms with van der Waals surface area (Å²) in [5.74, 6) is 3.68. The fourth-order valence-electron chi connectivity index (χ4n) is 21.0. The van der Waals surface area contributed by atoms with Crippen molar-refractivity contribution < 1.29 is 37.9 Å². The number of nitrogens with zero attached hydrogens (tertiary/aromatic N) is 12. The van der Waals surface area contributed by atoms with E-state index in [0.717, 1.165) is 191 Å². The first kappa shape index (κ1) is 86.1. The van der Waals surface area contributed by atoms with Gasteiger partial charge in [-0.25, -0.2) is 59.8 Å². The van der Waals surface area contributed by atoms with Gasteiger partial charge in [0.1, 0.15) is 46.0 Å². The van der Waals surface area contributed by atoms with E-state index < -0.39 is 23.7 Å². The topological polar surface area (TPSA) is 292 Å². The molecule has 0 spiro atoms. The number of nitrogens with one attached hydrogen (secondary N) is 4. The Morgan fingerprint density at radius 3 is 0.515 bits per heavy atom. The molecule has 5 aliphatic rings. The molecule has 4 N–H and O–H groups in total. The Hall–Kier alpha value is -12.6. The van der Waals surface area contributed by atoms with E-state index in [2.05, 4.69) is 96.2 Å². The van der Waals surface area contributed by atoms with Crippen molar-refractivity contribution in [3.05, 3.63) is 167 Å². The second-order valence-electron chi connectivity index (χ2n) is 37.6. The predicted octanol–water partition coefficient (Wildman–Crippen LogP) is 31.1. The van der Waals surface area contributed by atoms with Crippen molar-refractivity contribution in [3.63, 3.8) is 0 Å². The van der Waals surface area contributed by atoms with Crippen molar-refractivity contribution in [2.24, 2.45) is 0 Å². The number of unbranched alkanes of at least 4 members (excludes halogenated alkanes) is 32. The zero-order valence-electron chi connectivity index (χ0n) is 76.8. The quantitative estimate of drug-likeness (QED) is 0.0259. The number of H-pyrrole nitrogens is 4. The first-order valence-corrected chi connectivity index (χ1v) is 49.9. The molecule has 0 fully saturated rings. The summed E-state index contributed by atoms with van der Waals surface area (Å²) >= 11 is 0. The minimum atomic E-state index is -0.423. The second kappa shape index (κ2) is 39.4. The third-order valence-corrected chi connectivity index (χ3v) is 28.2. The highest BCUT2D eigenvalue weighted by atomic mass is 16.6. The Balaban J connectivity index is 0.864. The van der Waals surface area contributed by atoms with Crippen molar-refractivity contribution in [1.82, 2.24) is 79.7 Å². The monoisotopic (exact) mass is 1770 g/mol. The van der Waals surface area contributed by atoms with Crippen LogP contribution in [0.15, 0.2) is 122 Å². The highest BCUT2D eigenvalue weighted by Gasteiger charge is 2.41. The van der Waals surface area contributed by atoms with Crippen molar-refractivity contribution in [1.29, 1.82) is 0 Å². The molecule has 0 saturated heterocycles. The van der Waals surface area contributed by atoms with Gasteiger partial charge in [0, 0.05) is 92.4 Å². The predicted molar refractivity (Wildman–Crippen MR) is 518 cm³/mol. The van der Waals surface area contributed by atoms with Gasteiger partial charge in [-0.1, -0.05) is 259 Å². The molecular weight excluding hydrogens is 1650 g/mol. The van der Waals surface area contributed by atoms with Crippen LogP contribution in [0.2, 0.25) is 0 Å². The number of aromatic nitrogens is 16. The van der Waals surface area contributed by atoms with E-state index in [0.29, 0.717) is 116 Å². The Bertz CT molecular complexity index is 5730. The van der Waals surface area contributed by atoms with E-state index in [1.165, 1.54) is 128 Å². The van der Waals surface area contributed by atoms with Gasteiger partial charge in [-0.3, -0.25) is 0 Å². The lowest BCUT2D eigenvalue weighted by atomic mass is 9.76. The standard InChI is InChI=1S/C108H120N16O8/c1-5-9-13-17-21-25-29-33-37-41-65-69-45-71-66(42-38-34-30-26-22-18-14-10-6-2)73-47-75-68(44-40-36-32-28-24-20-16-12-8-4)76-48-74-67(43-39-35-31-27-23-19-15-11-7-3)72-46-70(65)94-58-96(72)128-104-106(122-90-54-82-80(112-63-114-82)52-88(90)120-104)130-98(74)60-100(76)132-108-107(123-91-55-83-84(116-64-115-83)56-92(91)124-108)131-99(75)59-97(73)129-105-103(119-87-51-79-81(113-62-111-79)53-89(87)121-105)127-95(71)57-93(69)125-101-102(126-94)118-86-50-78-77(109-61-110-78)49-85(86)117-101/h45-68H,5-44H2,1-4H3,(H,109,110)(H,111,113)(H,112,114)(H,115,116). The molecule has 8 aromatic carbocycles. The number of rotatable bonds is 40. The number of benzene rings is 8. The molecule has 24 nitrogen and oxygen atoms in total. The number of hydrogen-bond donors (Lipinski definition) is 4. The van der Waals surface area contributed by atoms with E-state index in [1.54, 1.807) is 25.3 Å². The Labute approximate surface area is 769 Å². The van der Waals surface area contributed by atoms with Crippen molar-refractivity contribution >= 4 is 88.3 Å². The highest BCUT2D eigenvalue weighted by Crippen LogP contribution is 2.60. The molecule has 4 aliphatic heterocycles. The minimum absolute atomic E-state index is 0.148. The molecule has 0 radical (unpaired) electrons. The van der Waals surface area contributed by atoms with E-state index in [1.807, 2.05) is 48.5 Å². The van der Waals surface area contributed by atoms with Crippen molar-refractivity contribution in [2.45, 2.75) is 308 Å². The highest BCUT2D eigenvalue weighted by molar-refractivity contribution is 5.95. The lowest BCUT2D eigenvalue weighted by molar-refractivity contribution is 0.377. The minimum Gasteiger partial charge on any atom is -0.434 e. The number of hydrogen-bond acceptors (Lipinski definition) is 20. The normalized spacial score (nSPS) is 15.6. The summed E-state index contributed by atoms with van der Waals surface area (Å²) in [6.07, 6.45) is 50.8. The fourth-order valence-corrected chi connectivity index (χ4v) is 21.0. The molecule has 0 amide bonds. The molecule has 16 aromatic rings. The molecule has 680 valence electrons. The largest absolute Gasteiger partial charge is 0.434 e. The first-order valence-electron chi connectivity index (χ1n) is 49.9. The van der Waals surface area contributed by atoms with E-state index in [4.69, 9.17) is 97.7 Å². The van der Waals surface area contributed by atoms with Crippen LogP contribution in [-0.2, 0) is 0 Å². The van der Waals surface area contributed by atoms with Crippen LogP contribution in [0, 0.1) is 0 Å². The second-order valence-corrected chi connectivity index (χ2v) is 37.6. The van der Waals surface area contributed by atoms with Crippen LogP contribution in [0.25, 0.3) is 88.3 Å². The van der Waals surface area contributed by atoms with Crippen LogP contribution in [0.3, 0.4) is 0 Å². The van der Waals surface area contributed by atoms with Gasteiger partial charge >= 0.3 is 0 Å². The molecule has 12 heterocycles. The van der Waals surface area contributed by atoms with Gasteiger partial charge < -0.3 is 57.8 Å². The van der Waals surface area contributed by atoms with Gasteiger partial charge in [-0.15, -0.1) is 0 Å². The van der Waals surface area contributed by atoms with Crippen molar-refractivity contribution in [2.75, 3.05) is 0 Å².